The lowest BCUT2D eigenvalue weighted by Crippen LogP contribution is -2.44. The molecule has 0 bridgehead atoms. The molecule has 0 fully saturated rings. The van der Waals surface area contributed by atoms with Crippen LogP contribution in [0.25, 0.3) is 0 Å². The summed E-state index contributed by atoms with van der Waals surface area (Å²) in [5.74, 6) is -0.962. The molecule has 1 aromatic rings. The van der Waals surface area contributed by atoms with E-state index >= 15 is 0 Å². The lowest BCUT2D eigenvalue weighted by Gasteiger charge is -2.25. The van der Waals surface area contributed by atoms with Gasteiger partial charge in [-0.05, 0) is 26.5 Å². The Morgan fingerprint density at radius 1 is 1.25 bits per heavy atom. The van der Waals surface area contributed by atoms with Gasteiger partial charge in [-0.15, -0.1) is 0 Å². The number of likely N-dealkylation sites (N-methyl/N-ethyl adjacent to an activating group) is 1. The minimum Gasteiger partial charge on any atom is -0.481 e. The lowest BCUT2D eigenvalue weighted by molar-refractivity contribution is -0.138. The van der Waals surface area contributed by atoms with E-state index in [1.54, 1.807) is 18.9 Å². The fourth-order valence-corrected chi connectivity index (χ4v) is 1.82. The Morgan fingerprint density at radius 2 is 1.85 bits per heavy atom. The third kappa shape index (κ3) is 5.01. The van der Waals surface area contributed by atoms with Crippen molar-refractivity contribution in [3.8, 4) is 0 Å². The number of carboxylic acid groups (broad SMARTS) is 1. The van der Waals surface area contributed by atoms with Crippen LogP contribution in [0.1, 0.15) is 31.9 Å². The van der Waals surface area contributed by atoms with Crippen LogP contribution in [0, 0.1) is 0 Å². The molecule has 20 heavy (non-hydrogen) atoms. The number of carbonyl (C=O) groups is 2. The van der Waals surface area contributed by atoms with Crippen molar-refractivity contribution in [2.24, 2.45) is 0 Å². The maximum absolute atomic E-state index is 12.1. The van der Waals surface area contributed by atoms with Gasteiger partial charge in [0, 0.05) is 6.54 Å². The van der Waals surface area contributed by atoms with Gasteiger partial charge < -0.3 is 10.4 Å². The maximum atomic E-state index is 12.1. The Labute approximate surface area is 119 Å². The molecule has 0 aliphatic carbocycles. The van der Waals surface area contributed by atoms with Crippen LogP contribution < -0.4 is 5.32 Å². The molecule has 0 radical (unpaired) electrons. The van der Waals surface area contributed by atoms with Gasteiger partial charge in [-0.25, -0.2) is 0 Å². The predicted octanol–water partition coefficient (Wildman–Crippen LogP) is 1.66. The molecule has 5 nitrogen and oxygen atoms in total. The third-order valence-electron chi connectivity index (χ3n) is 3.38. The van der Waals surface area contributed by atoms with Crippen LogP contribution in [0.3, 0.4) is 0 Å². The molecule has 0 aliphatic rings. The molecule has 0 aliphatic heterocycles. The highest BCUT2D eigenvalue weighted by molar-refractivity contribution is 5.81. The summed E-state index contributed by atoms with van der Waals surface area (Å²) in [6, 6.07) is 9.29. The second-order valence-corrected chi connectivity index (χ2v) is 4.94. The molecule has 2 atom stereocenters. The Kier molecular flexibility index (Phi) is 6.18. The quantitative estimate of drug-likeness (QED) is 0.796. The second-order valence-electron chi connectivity index (χ2n) is 4.94. The van der Waals surface area contributed by atoms with Gasteiger partial charge in [0.15, 0.2) is 0 Å². The second kappa shape index (κ2) is 7.65. The molecule has 2 unspecified atom stereocenters. The van der Waals surface area contributed by atoms with Crippen molar-refractivity contribution in [3.63, 3.8) is 0 Å². The molecule has 110 valence electrons. The first-order valence-electron chi connectivity index (χ1n) is 6.69. The summed E-state index contributed by atoms with van der Waals surface area (Å²) in [6.45, 7) is 4.05. The van der Waals surface area contributed by atoms with Gasteiger partial charge in [-0.1, -0.05) is 30.3 Å². The predicted molar refractivity (Wildman–Crippen MR) is 77.3 cm³/mol. The number of carbonyl (C=O) groups excluding carboxylic acids is 1. The smallest absolute Gasteiger partial charge is 0.304 e. The van der Waals surface area contributed by atoms with Gasteiger partial charge in [-0.2, -0.15) is 0 Å². The molecular formula is C15H22N2O3. The van der Waals surface area contributed by atoms with Crippen LogP contribution in [0.5, 0.6) is 0 Å². The molecule has 5 heteroatoms. The van der Waals surface area contributed by atoms with Crippen LogP contribution in [0.2, 0.25) is 0 Å². The lowest BCUT2D eigenvalue weighted by atomic mass is 10.1. The third-order valence-corrected chi connectivity index (χ3v) is 3.38. The van der Waals surface area contributed by atoms with Crippen molar-refractivity contribution in [2.45, 2.75) is 32.4 Å². The summed E-state index contributed by atoms with van der Waals surface area (Å²) in [7, 11) is 1.75. The molecule has 1 aromatic carbocycles. The minimum atomic E-state index is -0.859. The van der Waals surface area contributed by atoms with Crippen molar-refractivity contribution < 1.29 is 14.7 Å². The van der Waals surface area contributed by atoms with E-state index in [-0.39, 0.29) is 24.4 Å². The monoisotopic (exact) mass is 278 g/mol. The average molecular weight is 278 g/mol. The number of hydrogen-bond donors (Lipinski definition) is 2. The van der Waals surface area contributed by atoms with Gasteiger partial charge in [-0.3, -0.25) is 14.5 Å². The van der Waals surface area contributed by atoms with Crippen LogP contribution in [-0.4, -0.2) is 41.5 Å². The topological polar surface area (TPSA) is 69.6 Å². The summed E-state index contributed by atoms with van der Waals surface area (Å²) in [5.41, 5.74) is 1.04. The fourth-order valence-electron chi connectivity index (χ4n) is 1.82. The largest absolute Gasteiger partial charge is 0.481 e. The molecule has 0 spiro atoms. The molecule has 0 saturated heterocycles. The highest BCUT2D eigenvalue weighted by atomic mass is 16.4. The van der Waals surface area contributed by atoms with E-state index in [0.717, 1.165) is 5.56 Å². The van der Waals surface area contributed by atoms with E-state index in [0.29, 0.717) is 6.54 Å². The summed E-state index contributed by atoms with van der Waals surface area (Å²) < 4.78 is 0. The number of nitrogens with one attached hydrogen (secondary N) is 1. The highest BCUT2D eigenvalue weighted by Crippen LogP contribution is 2.11. The Bertz CT molecular complexity index is 448. The molecule has 1 rings (SSSR count). The number of nitrogens with zero attached hydrogens (tertiary/aromatic N) is 1. The number of carboxylic acids is 1. The van der Waals surface area contributed by atoms with E-state index in [9.17, 15) is 9.59 Å². The SMILES string of the molecule is CC(NC(=O)C(C)N(C)CCC(=O)O)c1ccccc1. The van der Waals surface area contributed by atoms with Crippen LogP contribution in [0.4, 0.5) is 0 Å². The number of hydrogen-bond acceptors (Lipinski definition) is 3. The van der Waals surface area contributed by atoms with Crippen LogP contribution in [-0.2, 0) is 9.59 Å². The standard InChI is InChI=1S/C15H22N2O3/c1-11(13-7-5-4-6-8-13)16-15(20)12(2)17(3)10-9-14(18)19/h4-8,11-12H,9-10H2,1-3H3,(H,16,20)(H,18,19). The number of amides is 1. The van der Waals surface area contributed by atoms with Crippen LogP contribution in [0.15, 0.2) is 30.3 Å². The Morgan fingerprint density at radius 3 is 2.40 bits per heavy atom. The molecule has 1 amide bonds. The van der Waals surface area contributed by atoms with Gasteiger partial charge in [0.25, 0.3) is 0 Å². The van der Waals surface area contributed by atoms with Crippen molar-refractivity contribution in [1.82, 2.24) is 10.2 Å². The molecular weight excluding hydrogens is 256 g/mol. The van der Waals surface area contributed by atoms with Crippen LogP contribution >= 0.6 is 0 Å². The van der Waals surface area contributed by atoms with Crippen molar-refractivity contribution >= 4 is 11.9 Å². The molecule has 2 N–H and O–H groups in total. The van der Waals surface area contributed by atoms with Gasteiger partial charge >= 0.3 is 5.97 Å². The van der Waals surface area contributed by atoms with Crippen molar-refractivity contribution in [1.29, 1.82) is 0 Å². The van der Waals surface area contributed by atoms with E-state index < -0.39 is 5.97 Å². The molecule has 0 heterocycles. The zero-order valence-electron chi connectivity index (χ0n) is 12.2. The Balaban J connectivity index is 2.51. The maximum Gasteiger partial charge on any atom is 0.304 e. The summed E-state index contributed by atoms with van der Waals surface area (Å²) in [5, 5.41) is 11.6. The summed E-state index contributed by atoms with van der Waals surface area (Å²) >= 11 is 0. The molecule has 0 saturated carbocycles. The van der Waals surface area contributed by atoms with Gasteiger partial charge in [0.05, 0.1) is 18.5 Å². The zero-order valence-corrected chi connectivity index (χ0v) is 12.2. The Hall–Kier alpha value is -1.88. The highest BCUT2D eigenvalue weighted by Gasteiger charge is 2.20. The number of benzene rings is 1. The van der Waals surface area contributed by atoms with Gasteiger partial charge in [0.1, 0.15) is 0 Å². The first-order valence-corrected chi connectivity index (χ1v) is 6.69. The van der Waals surface area contributed by atoms with Gasteiger partial charge in [0.2, 0.25) is 5.91 Å². The van der Waals surface area contributed by atoms with E-state index in [1.807, 2.05) is 37.3 Å². The minimum absolute atomic E-state index is 0.0301. The van der Waals surface area contributed by atoms with E-state index in [4.69, 9.17) is 5.11 Å². The first-order chi connectivity index (χ1) is 9.41. The van der Waals surface area contributed by atoms with Crippen molar-refractivity contribution in [2.75, 3.05) is 13.6 Å². The zero-order chi connectivity index (χ0) is 15.1. The fraction of sp³-hybridized carbons (Fsp3) is 0.467. The number of aliphatic carboxylic acids is 1. The van der Waals surface area contributed by atoms with E-state index in [1.165, 1.54) is 0 Å². The molecule has 0 aromatic heterocycles. The normalized spacial score (nSPS) is 13.8. The van der Waals surface area contributed by atoms with E-state index in [2.05, 4.69) is 5.32 Å². The number of rotatable bonds is 7. The van der Waals surface area contributed by atoms with Crippen molar-refractivity contribution in [3.05, 3.63) is 35.9 Å². The summed E-state index contributed by atoms with van der Waals surface area (Å²) in [4.78, 5) is 24.4. The first kappa shape index (κ1) is 16.2. The average Bonchev–Trinajstić information content (AvgIpc) is 2.44. The summed E-state index contributed by atoms with van der Waals surface area (Å²) in [6.07, 6.45) is 0.0301.